The van der Waals surface area contributed by atoms with Gasteiger partial charge in [-0.1, -0.05) is 13.8 Å². The molecule has 24 heavy (non-hydrogen) atoms. The van der Waals surface area contributed by atoms with Crippen LogP contribution in [0.15, 0.2) is 12.1 Å². The van der Waals surface area contributed by atoms with Crippen molar-refractivity contribution < 1.29 is 14.3 Å². The molecule has 0 fully saturated rings. The smallest absolute Gasteiger partial charge is 0.408 e. The highest BCUT2D eigenvalue weighted by Gasteiger charge is 2.31. The number of nitrogens with one attached hydrogen (secondary N) is 1. The normalized spacial score (nSPS) is 14.2. The largest absolute Gasteiger partial charge is 0.489 e. The summed E-state index contributed by atoms with van der Waals surface area (Å²) in [7, 11) is 0. The number of amides is 1. The van der Waals surface area contributed by atoms with Crippen molar-refractivity contribution in [2.75, 3.05) is 6.61 Å². The van der Waals surface area contributed by atoms with Gasteiger partial charge in [-0.2, -0.15) is 0 Å². The van der Waals surface area contributed by atoms with Gasteiger partial charge in [-0.05, 0) is 81.7 Å². The minimum absolute atomic E-state index is 0.355. The van der Waals surface area contributed by atoms with Crippen LogP contribution in [0.2, 0.25) is 0 Å². The van der Waals surface area contributed by atoms with Gasteiger partial charge in [0, 0.05) is 0 Å². The first-order valence-electron chi connectivity index (χ1n) is 8.17. The van der Waals surface area contributed by atoms with E-state index < -0.39 is 17.2 Å². The molecular formula is C18H29IN2O3. The van der Waals surface area contributed by atoms with Crippen LogP contribution in [0.1, 0.15) is 53.7 Å². The average Bonchev–Trinajstić information content (AvgIpc) is 2.33. The quantitative estimate of drug-likeness (QED) is 0.506. The summed E-state index contributed by atoms with van der Waals surface area (Å²) in [4.78, 5) is 16.6. The summed E-state index contributed by atoms with van der Waals surface area (Å²) >= 11 is 2.17. The van der Waals surface area contributed by atoms with Crippen molar-refractivity contribution in [3.05, 3.63) is 21.5 Å². The lowest BCUT2D eigenvalue weighted by Crippen LogP contribution is -2.52. The van der Waals surface area contributed by atoms with Crippen molar-refractivity contribution in [3.63, 3.8) is 0 Å². The highest BCUT2D eigenvalue weighted by molar-refractivity contribution is 14.1. The summed E-state index contributed by atoms with van der Waals surface area (Å²) in [6, 6.07) is 3.82. The molecule has 1 aromatic heterocycles. The number of rotatable bonds is 6. The molecule has 1 aromatic rings. The van der Waals surface area contributed by atoms with Crippen molar-refractivity contribution >= 4 is 28.7 Å². The maximum atomic E-state index is 12.2. The van der Waals surface area contributed by atoms with Gasteiger partial charge in [-0.15, -0.1) is 0 Å². The van der Waals surface area contributed by atoms with Crippen molar-refractivity contribution in [2.24, 2.45) is 5.92 Å². The number of aryl methyl sites for hydroxylation is 1. The second-order valence-electron chi connectivity index (χ2n) is 7.79. The highest BCUT2D eigenvalue weighted by Crippen LogP contribution is 2.22. The minimum atomic E-state index is -0.527. The van der Waals surface area contributed by atoms with E-state index in [-0.39, 0.29) is 0 Å². The fourth-order valence-corrected chi connectivity index (χ4v) is 3.05. The number of carbonyl (C=O) groups excluding carboxylic acids is 1. The molecule has 6 heteroatoms. The predicted octanol–water partition coefficient (Wildman–Crippen LogP) is 4.70. The van der Waals surface area contributed by atoms with Gasteiger partial charge in [0.1, 0.15) is 21.7 Å². The van der Waals surface area contributed by atoms with Crippen LogP contribution in [-0.2, 0) is 4.74 Å². The predicted molar refractivity (Wildman–Crippen MR) is 104 cm³/mol. The van der Waals surface area contributed by atoms with E-state index in [1.54, 1.807) is 0 Å². The number of halogens is 1. The third-order valence-electron chi connectivity index (χ3n) is 3.21. The Kier molecular flexibility index (Phi) is 7.31. The van der Waals surface area contributed by atoms with Gasteiger partial charge in [0.2, 0.25) is 0 Å². The summed E-state index contributed by atoms with van der Waals surface area (Å²) in [6.07, 6.45) is 0.356. The molecule has 1 N–H and O–H groups in total. The third kappa shape index (κ3) is 7.68. The van der Waals surface area contributed by atoms with Gasteiger partial charge in [0.15, 0.2) is 0 Å². The summed E-state index contributed by atoms with van der Waals surface area (Å²) in [6.45, 7) is 14.0. The second kappa shape index (κ2) is 8.36. The van der Waals surface area contributed by atoms with Crippen LogP contribution in [0.4, 0.5) is 4.79 Å². The Hall–Kier alpha value is -1.05. The maximum Gasteiger partial charge on any atom is 0.408 e. The number of hydrogen-bond donors (Lipinski definition) is 1. The Bertz CT molecular complexity index is 570. The molecule has 0 spiro atoms. The number of ether oxygens (including phenoxy) is 2. The summed E-state index contributed by atoms with van der Waals surface area (Å²) in [5.74, 6) is 1.14. The standard InChI is InChI=1S/C18H29IN2O3/c1-12(2)10-18(7,21-16(22)24-17(4,5)6)11-23-14-8-9-15(19)20-13(14)3/h8-9,12H,10-11H2,1-7H3,(H,21,22)/t18-/m0/s1. The average molecular weight is 448 g/mol. The van der Waals surface area contributed by atoms with E-state index in [1.165, 1.54) is 0 Å². The Balaban J connectivity index is 2.81. The SMILES string of the molecule is Cc1nc(I)ccc1OC[C@](C)(CC(C)C)NC(=O)OC(C)(C)C. The molecule has 1 rings (SSSR count). The van der Waals surface area contributed by atoms with Gasteiger partial charge in [-0.25, -0.2) is 9.78 Å². The van der Waals surface area contributed by atoms with E-state index >= 15 is 0 Å². The number of hydrogen-bond acceptors (Lipinski definition) is 4. The monoisotopic (exact) mass is 448 g/mol. The fourth-order valence-electron chi connectivity index (χ4n) is 2.50. The molecule has 136 valence electrons. The zero-order valence-corrected chi connectivity index (χ0v) is 17.9. The number of aromatic nitrogens is 1. The van der Waals surface area contributed by atoms with Crippen LogP contribution in [0, 0.1) is 16.5 Å². The van der Waals surface area contributed by atoms with Crippen molar-refractivity contribution in [3.8, 4) is 5.75 Å². The molecule has 1 amide bonds. The summed E-state index contributed by atoms with van der Waals surface area (Å²) < 4.78 is 12.3. The lowest BCUT2D eigenvalue weighted by atomic mass is 9.91. The molecule has 0 bridgehead atoms. The van der Waals surface area contributed by atoms with Gasteiger partial charge < -0.3 is 14.8 Å². The van der Waals surface area contributed by atoms with Crippen LogP contribution in [0.3, 0.4) is 0 Å². The minimum Gasteiger partial charge on any atom is -0.489 e. The molecule has 1 heterocycles. The highest BCUT2D eigenvalue weighted by atomic mass is 127. The Morgan fingerprint density at radius 1 is 1.29 bits per heavy atom. The van der Waals surface area contributed by atoms with Gasteiger partial charge in [0.05, 0.1) is 11.2 Å². The van der Waals surface area contributed by atoms with Crippen LogP contribution in [0.5, 0.6) is 5.75 Å². The van der Waals surface area contributed by atoms with Crippen LogP contribution in [-0.4, -0.2) is 28.8 Å². The van der Waals surface area contributed by atoms with E-state index in [0.717, 1.165) is 21.6 Å². The number of pyridine rings is 1. The first-order chi connectivity index (χ1) is 10.9. The van der Waals surface area contributed by atoms with Crippen molar-refractivity contribution in [2.45, 2.75) is 66.0 Å². The molecule has 5 nitrogen and oxygen atoms in total. The second-order valence-corrected chi connectivity index (χ2v) is 8.90. The molecule has 0 saturated heterocycles. The Morgan fingerprint density at radius 3 is 2.42 bits per heavy atom. The molecule has 0 aliphatic carbocycles. The van der Waals surface area contributed by atoms with Crippen LogP contribution in [0.25, 0.3) is 0 Å². The van der Waals surface area contributed by atoms with E-state index in [9.17, 15) is 4.79 Å². The first kappa shape index (κ1) is 21.0. The molecule has 0 aromatic carbocycles. The van der Waals surface area contributed by atoms with Gasteiger partial charge in [-0.3, -0.25) is 0 Å². The lowest BCUT2D eigenvalue weighted by Gasteiger charge is -2.33. The van der Waals surface area contributed by atoms with E-state index in [4.69, 9.17) is 9.47 Å². The van der Waals surface area contributed by atoms with E-state index in [1.807, 2.05) is 46.8 Å². The summed E-state index contributed by atoms with van der Waals surface area (Å²) in [5.41, 5.74) is -0.210. The number of alkyl carbamates (subject to hydrolysis) is 1. The fraction of sp³-hybridized carbons (Fsp3) is 0.667. The molecule has 1 atom stereocenters. The maximum absolute atomic E-state index is 12.2. The number of nitrogens with zero attached hydrogens (tertiary/aromatic N) is 1. The van der Waals surface area contributed by atoms with Crippen molar-refractivity contribution in [1.29, 1.82) is 0 Å². The summed E-state index contributed by atoms with van der Waals surface area (Å²) in [5, 5.41) is 2.97. The van der Waals surface area contributed by atoms with Gasteiger partial charge in [0.25, 0.3) is 0 Å². The number of carbonyl (C=O) groups is 1. The molecule has 0 radical (unpaired) electrons. The molecule has 0 aliphatic rings. The Labute approximate surface area is 159 Å². The van der Waals surface area contributed by atoms with Crippen molar-refractivity contribution in [1.82, 2.24) is 10.3 Å². The zero-order chi connectivity index (χ0) is 18.5. The topological polar surface area (TPSA) is 60.5 Å². The van der Waals surface area contributed by atoms with E-state index in [2.05, 4.69) is 46.7 Å². The third-order valence-corrected chi connectivity index (χ3v) is 3.81. The van der Waals surface area contributed by atoms with E-state index in [0.29, 0.717) is 12.5 Å². The molecule has 0 unspecified atom stereocenters. The molecule has 0 saturated carbocycles. The van der Waals surface area contributed by atoms with Crippen LogP contribution < -0.4 is 10.1 Å². The van der Waals surface area contributed by atoms with Gasteiger partial charge >= 0.3 is 6.09 Å². The first-order valence-corrected chi connectivity index (χ1v) is 9.25. The lowest BCUT2D eigenvalue weighted by molar-refractivity contribution is 0.0407. The Morgan fingerprint density at radius 2 is 1.92 bits per heavy atom. The molecule has 0 aliphatic heterocycles. The molecular weight excluding hydrogens is 419 g/mol. The zero-order valence-electron chi connectivity index (χ0n) is 15.7. The van der Waals surface area contributed by atoms with Crippen LogP contribution >= 0.6 is 22.6 Å².